The number of nitrogens with one attached hydrogen (secondary N) is 1. The maximum atomic E-state index is 12.6. The SMILES string of the molecule is C/C=C/C(=O)n1c(C)c(CNC(=O)CP(OCC)OCC)c2cc(OC)ccc21. The van der Waals surface area contributed by atoms with Gasteiger partial charge in [-0.15, -0.1) is 0 Å². The van der Waals surface area contributed by atoms with Crippen molar-refractivity contribution >= 4 is 31.1 Å². The Morgan fingerprint density at radius 1 is 1.21 bits per heavy atom. The van der Waals surface area contributed by atoms with Gasteiger partial charge in [-0.3, -0.25) is 14.2 Å². The zero-order valence-electron chi connectivity index (χ0n) is 17.7. The summed E-state index contributed by atoms with van der Waals surface area (Å²) in [7, 11) is 0.357. The van der Waals surface area contributed by atoms with Crippen LogP contribution in [0.15, 0.2) is 30.4 Å². The number of benzene rings is 1. The normalized spacial score (nSPS) is 11.5. The third kappa shape index (κ3) is 5.66. The minimum Gasteiger partial charge on any atom is -0.497 e. The van der Waals surface area contributed by atoms with Gasteiger partial charge in [0, 0.05) is 23.2 Å². The zero-order valence-corrected chi connectivity index (χ0v) is 18.5. The molecule has 29 heavy (non-hydrogen) atoms. The van der Waals surface area contributed by atoms with Gasteiger partial charge < -0.3 is 19.1 Å². The van der Waals surface area contributed by atoms with Crippen LogP contribution in [0.25, 0.3) is 10.9 Å². The van der Waals surface area contributed by atoms with Crippen LogP contribution in [-0.4, -0.2) is 42.9 Å². The van der Waals surface area contributed by atoms with Crippen molar-refractivity contribution in [2.45, 2.75) is 34.2 Å². The summed E-state index contributed by atoms with van der Waals surface area (Å²) in [5.74, 6) is 0.409. The first-order valence-corrected chi connectivity index (χ1v) is 11.0. The van der Waals surface area contributed by atoms with Gasteiger partial charge in [0.05, 0.1) is 32.0 Å². The molecule has 0 aliphatic carbocycles. The van der Waals surface area contributed by atoms with Crippen molar-refractivity contribution < 1.29 is 23.4 Å². The van der Waals surface area contributed by atoms with Crippen LogP contribution in [0.5, 0.6) is 5.75 Å². The standard InChI is InChI=1S/C21H29N2O5P/c1-6-9-21(25)23-15(4)18(17-12-16(26-5)10-11-19(17)23)13-22-20(24)14-29(27-7-2)28-8-3/h6,9-12H,7-8,13-14H2,1-5H3,(H,22,24)/b9-6+. The van der Waals surface area contributed by atoms with Gasteiger partial charge in [-0.05, 0) is 52.0 Å². The molecule has 0 bridgehead atoms. The van der Waals surface area contributed by atoms with Gasteiger partial charge in [0.15, 0.2) is 8.38 Å². The van der Waals surface area contributed by atoms with Crippen LogP contribution in [0.4, 0.5) is 0 Å². The molecular weight excluding hydrogens is 391 g/mol. The maximum Gasteiger partial charge on any atom is 0.254 e. The first-order chi connectivity index (χ1) is 14.0. The highest BCUT2D eigenvalue weighted by Crippen LogP contribution is 2.37. The number of nitrogens with zero attached hydrogens (tertiary/aromatic N) is 1. The lowest BCUT2D eigenvalue weighted by atomic mass is 10.1. The molecule has 2 rings (SSSR count). The van der Waals surface area contributed by atoms with E-state index in [9.17, 15) is 9.59 Å². The number of carbonyl (C=O) groups is 2. The van der Waals surface area contributed by atoms with Crippen molar-refractivity contribution in [1.82, 2.24) is 9.88 Å². The van der Waals surface area contributed by atoms with Crippen molar-refractivity contribution in [3.63, 3.8) is 0 Å². The van der Waals surface area contributed by atoms with Gasteiger partial charge >= 0.3 is 0 Å². The van der Waals surface area contributed by atoms with Crippen molar-refractivity contribution in [2.75, 3.05) is 26.5 Å². The Morgan fingerprint density at radius 3 is 2.48 bits per heavy atom. The summed E-state index contributed by atoms with van der Waals surface area (Å²) in [6.07, 6.45) is 3.41. The van der Waals surface area contributed by atoms with E-state index in [4.69, 9.17) is 13.8 Å². The summed E-state index contributed by atoms with van der Waals surface area (Å²) in [6.45, 7) is 8.72. The van der Waals surface area contributed by atoms with E-state index in [1.165, 1.54) is 6.08 Å². The number of amides is 1. The van der Waals surface area contributed by atoms with E-state index < -0.39 is 8.38 Å². The highest BCUT2D eigenvalue weighted by molar-refractivity contribution is 7.48. The Labute approximate surface area is 172 Å². The summed E-state index contributed by atoms with van der Waals surface area (Å²) in [6, 6.07) is 5.56. The van der Waals surface area contributed by atoms with Gasteiger partial charge in [-0.2, -0.15) is 0 Å². The molecule has 0 aliphatic rings. The second-order valence-electron chi connectivity index (χ2n) is 6.22. The van der Waals surface area contributed by atoms with Crippen LogP contribution in [0.3, 0.4) is 0 Å². The van der Waals surface area contributed by atoms with Gasteiger partial charge in [-0.1, -0.05) is 6.08 Å². The molecule has 0 fully saturated rings. The fraction of sp³-hybridized carbons (Fsp3) is 0.429. The van der Waals surface area contributed by atoms with Crippen LogP contribution in [0, 0.1) is 6.92 Å². The lowest BCUT2D eigenvalue weighted by molar-refractivity contribution is -0.118. The van der Waals surface area contributed by atoms with Gasteiger partial charge in [0.2, 0.25) is 5.91 Å². The van der Waals surface area contributed by atoms with Crippen LogP contribution >= 0.6 is 8.38 Å². The van der Waals surface area contributed by atoms with E-state index in [-0.39, 0.29) is 18.0 Å². The summed E-state index contributed by atoms with van der Waals surface area (Å²) in [5.41, 5.74) is 2.44. The summed E-state index contributed by atoms with van der Waals surface area (Å²) < 4.78 is 18.0. The van der Waals surface area contributed by atoms with Crippen molar-refractivity contribution in [2.24, 2.45) is 0 Å². The van der Waals surface area contributed by atoms with Gasteiger partial charge in [0.1, 0.15) is 5.75 Å². The van der Waals surface area contributed by atoms with Gasteiger partial charge in [-0.25, -0.2) is 0 Å². The molecule has 1 aromatic heterocycles. The second-order valence-corrected chi connectivity index (χ2v) is 7.72. The molecule has 1 amide bonds. The second kappa shape index (κ2) is 11.1. The molecule has 0 saturated carbocycles. The van der Waals surface area contributed by atoms with Crippen LogP contribution in [-0.2, 0) is 20.4 Å². The Hall–Kier alpha value is -2.21. The number of allylic oxidation sites excluding steroid dienone is 2. The quantitative estimate of drug-likeness (QED) is 0.461. The molecule has 0 spiro atoms. The van der Waals surface area contributed by atoms with E-state index in [0.717, 1.165) is 22.2 Å². The fourth-order valence-corrected chi connectivity index (χ4v) is 4.27. The average molecular weight is 420 g/mol. The molecule has 0 radical (unpaired) electrons. The molecule has 7 nitrogen and oxygen atoms in total. The number of aromatic nitrogens is 1. The topological polar surface area (TPSA) is 78.8 Å². The summed E-state index contributed by atoms with van der Waals surface area (Å²) in [5, 5.41) is 3.81. The molecule has 0 atom stereocenters. The van der Waals surface area contributed by atoms with Crippen LogP contribution in [0.1, 0.15) is 36.8 Å². The summed E-state index contributed by atoms with van der Waals surface area (Å²) >= 11 is 0. The fourth-order valence-electron chi connectivity index (χ4n) is 3.09. The predicted octanol–water partition coefficient (Wildman–Crippen LogP) is 4.18. The Morgan fingerprint density at radius 2 is 1.90 bits per heavy atom. The molecule has 1 aromatic carbocycles. The number of fused-ring (bicyclic) bond motifs is 1. The lowest BCUT2D eigenvalue weighted by Crippen LogP contribution is -2.26. The van der Waals surface area contributed by atoms with Crippen LogP contribution < -0.4 is 10.1 Å². The molecule has 1 N–H and O–H groups in total. The van der Waals surface area contributed by atoms with E-state index in [0.29, 0.717) is 25.5 Å². The first-order valence-electron chi connectivity index (χ1n) is 9.61. The maximum absolute atomic E-state index is 12.6. The molecule has 158 valence electrons. The molecular formula is C21H29N2O5P. The molecule has 1 heterocycles. The Balaban J connectivity index is 2.30. The van der Waals surface area contributed by atoms with Crippen LogP contribution in [0.2, 0.25) is 0 Å². The monoisotopic (exact) mass is 420 g/mol. The summed E-state index contributed by atoms with van der Waals surface area (Å²) in [4.78, 5) is 25.0. The van der Waals surface area contributed by atoms with Gasteiger partial charge in [0.25, 0.3) is 5.91 Å². The number of methoxy groups -OCH3 is 1. The van der Waals surface area contributed by atoms with E-state index in [1.54, 1.807) is 24.7 Å². The third-order valence-corrected chi connectivity index (χ3v) is 5.99. The molecule has 0 saturated heterocycles. The number of hydrogen-bond donors (Lipinski definition) is 1. The number of rotatable bonds is 10. The van der Waals surface area contributed by atoms with Crippen molar-refractivity contribution in [1.29, 1.82) is 0 Å². The van der Waals surface area contributed by atoms with Crippen molar-refractivity contribution in [3.05, 3.63) is 41.6 Å². The first kappa shape index (κ1) is 23.1. The number of carbonyl (C=O) groups excluding carboxylic acids is 2. The highest BCUT2D eigenvalue weighted by Gasteiger charge is 2.20. The molecule has 0 unspecified atom stereocenters. The average Bonchev–Trinajstić information content (AvgIpc) is 2.97. The predicted molar refractivity (Wildman–Crippen MR) is 116 cm³/mol. The third-order valence-electron chi connectivity index (χ3n) is 4.35. The zero-order chi connectivity index (χ0) is 21.4. The minimum absolute atomic E-state index is 0.131. The van der Waals surface area contributed by atoms with E-state index >= 15 is 0 Å². The number of ether oxygens (including phenoxy) is 1. The Kier molecular flexibility index (Phi) is 8.83. The smallest absolute Gasteiger partial charge is 0.254 e. The number of hydrogen-bond acceptors (Lipinski definition) is 5. The molecule has 8 heteroatoms. The van der Waals surface area contributed by atoms with E-state index in [2.05, 4.69) is 5.32 Å². The minimum atomic E-state index is -1.24. The molecule has 2 aromatic rings. The lowest BCUT2D eigenvalue weighted by Gasteiger charge is -2.15. The van der Waals surface area contributed by atoms with E-state index in [1.807, 2.05) is 39.0 Å². The molecule has 0 aliphatic heterocycles. The van der Waals surface area contributed by atoms with Crippen molar-refractivity contribution in [3.8, 4) is 5.75 Å². The largest absolute Gasteiger partial charge is 0.497 e. The Bertz CT molecular complexity index is 885. The highest BCUT2D eigenvalue weighted by atomic mass is 31.2.